The maximum atomic E-state index is 5.95. The summed E-state index contributed by atoms with van der Waals surface area (Å²) < 4.78 is 19.3. The highest BCUT2D eigenvalue weighted by molar-refractivity contribution is 5.66. The van der Waals surface area contributed by atoms with Crippen LogP contribution in [0.4, 0.5) is 0 Å². The number of benzene rings is 1. The zero-order chi connectivity index (χ0) is 23.5. The summed E-state index contributed by atoms with van der Waals surface area (Å²) in [5, 5.41) is 4.81. The average molecular weight is 472 g/mol. The number of fused-ring (bicyclic) bond motifs is 2. The van der Waals surface area contributed by atoms with Crippen molar-refractivity contribution < 1.29 is 14.2 Å². The van der Waals surface area contributed by atoms with Crippen LogP contribution in [0.3, 0.4) is 0 Å². The van der Waals surface area contributed by atoms with Crippen LogP contribution < -0.4 is 14.2 Å². The van der Waals surface area contributed by atoms with Gasteiger partial charge < -0.3 is 14.2 Å². The maximum absolute atomic E-state index is 5.95. The molecule has 4 aromatic rings. The molecule has 6 rings (SSSR count). The fraction of sp³-hybridized carbons (Fsp3) is 0.370. The molecule has 0 saturated carbocycles. The van der Waals surface area contributed by atoms with Crippen molar-refractivity contribution in [3.8, 4) is 28.6 Å². The number of nitrogens with zero attached hydrogens (tertiary/aromatic N) is 5. The highest BCUT2D eigenvalue weighted by Gasteiger charge is 2.15. The van der Waals surface area contributed by atoms with E-state index in [0.29, 0.717) is 32.1 Å². The van der Waals surface area contributed by atoms with Gasteiger partial charge in [0.05, 0.1) is 5.69 Å². The largest absolute Gasteiger partial charge is 0.486 e. The van der Waals surface area contributed by atoms with Crippen LogP contribution in [0.2, 0.25) is 0 Å². The van der Waals surface area contributed by atoms with Gasteiger partial charge in [-0.05, 0) is 67.9 Å². The Bertz CT molecular complexity index is 1320. The fourth-order valence-electron chi connectivity index (χ4n) is 4.73. The molecule has 1 aromatic carbocycles. The van der Waals surface area contributed by atoms with Crippen molar-refractivity contribution in [2.75, 3.05) is 39.5 Å². The van der Waals surface area contributed by atoms with Crippen molar-refractivity contribution in [3.63, 3.8) is 0 Å². The summed E-state index contributed by atoms with van der Waals surface area (Å²) in [4.78, 5) is 11.6. The van der Waals surface area contributed by atoms with Crippen LogP contribution in [0.15, 0.2) is 54.7 Å². The van der Waals surface area contributed by atoms with Gasteiger partial charge in [0.15, 0.2) is 23.0 Å². The molecule has 0 aliphatic carbocycles. The van der Waals surface area contributed by atoms with E-state index in [1.807, 2.05) is 53.0 Å². The van der Waals surface area contributed by atoms with Gasteiger partial charge in [0.25, 0.3) is 0 Å². The van der Waals surface area contributed by atoms with Gasteiger partial charge in [-0.25, -0.2) is 14.5 Å². The molecule has 5 heterocycles. The molecule has 1 fully saturated rings. The maximum Gasteiger partial charge on any atom is 0.213 e. The molecule has 8 nitrogen and oxygen atoms in total. The predicted octanol–water partition coefficient (Wildman–Crippen LogP) is 4.02. The fourth-order valence-corrected chi connectivity index (χ4v) is 4.73. The van der Waals surface area contributed by atoms with Crippen LogP contribution in [-0.2, 0) is 6.42 Å². The van der Waals surface area contributed by atoms with E-state index in [1.54, 1.807) is 6.20 Å². The minimum absolute atomic E-state index is 0.560. The van der Waals surface area contributed by atoms with Gasteiger partial charge >= 0.3 is 0 Å². The molecule has 0 radical (unpaired) electrons. The molecule has 0 bridgehead atoms. The van der Waals surface area contributed by atoms with Crippen LogP contribution in [-0.4, -0.2) is 63.9 Å². The van der Waals surface area contributed by atoms with Crippen molar-refractivity contribution in [1.82, 2.24) is 24.5 Å². The van der Waals surface area contributed by atoms with E-state index in [9.17, 15) is 0 Å². The Kier molecular flexibility index (Phi) is 6.19. The van der Waals surface area contributed by atoms with Crippen molar-refractivity contribution >= 4 is 5.65 Å². The smallest absolute Gasteiger partial charge is 0.213 e. The number of rotatable bonds is 7. The predicted molar refractivity (Wildman–Crippen MR) is 132 cm³/mol. The lowest BCUT2D eigenvalue weighted by molar-refractivity contribution is 0.171. The van der Waals surface area contributed by atoms with E-state index >= 15 is 0 Å². The lowest BCUT2D eigenvalue weighted by Crippen LogP contribution is -2.33. The summed E-state index contributed by atoms with van der Waals surface area (Å²) in [6, 6.07) is 16.0. The lowest BCUT2D eigenvalue weighted by atomic mass is 10.1. The summed E-state index contributed by atoms with van der Waals surface area (Å²) in [7, 11) is 0. The molecular formula is C27H29N5O3. The van der Waals surface area contributed by atoms with E-state index in [1.165, 1.54) is 32.4 Å². The molecular weight excluding hydrogens is 442 g/mol. The summed E-state index contributed by atoms with van der Waals surface area (Å²) in [5.41, 5.74) is 3.84. The van der Waals surface area contributed by atoms with Gasteiger partial charge in [-0.2, -0.15) is 5.10 Å². The molecule has 0 atom stereocenters. The molecule has 8 heteroatoms. The normalized spacial score (nSPS) is 15.9. The third kappa shape index (κ3) is 4.93. The Morgan fingerprint density at radius 2 is 1.80 bits per heavy atom. The van der Waals surface area contributed by atoms with Gasteiger partial charge in [0.2, 0.25) is 5.88 Å². The summed E-state index contributed by atoms with van der Waals surface area (Å²) in [5.74, 6) is 2.94. The van der Waals surface area contributed by atoms with Crippen LogP contribution in [0.25, 0.3) is 16.9 Å². The summed E-state index contributed by atoms with van der Waals surface area (Å²) >= 11 is 0. The molecule has 3 aromatic heterocycles. The number of ether oxygens (including phenoxy) is 3. The summed E-state index contributed by atoms with van der Waals surface area (Å²) in [6.45, 7) is 5.08. The second-order valence-electron chi connectivity index (χ2n) is 9.00. The molecule has 0 amide bonds. The van der Waals surface area contributed by atoms with E-state index in [0.717, 1.165) is 46.3 Å². The number of hydrogen-bond donors (Lipinski definition) is 0. The molecule has 2 aliphatic rings. The topological polar surface area (TPSA) is 74.0 Å². The summed E-state index contributed by atoms with van der Waals surface area (Å²) in [6.07, 6.45) is 6.32. The third-order valence-electron chi connectivity index (χ3n) is 6.51. The Morgan fingerprint density at radius 3 is 2.71 bits per heavy atom. The van der Waals surface area contributed by atoms with Crippen LogP contribution in [0.5, 0.6) is 17.4 Å². The van der Waals surface area contributed by atoms with Crippen molar-refractivity contribution in [1.29, 1.82) is 0 Å². The Balaban J connectivity index is 1.17. The first-order valence-electron chi connectivity index (χ1n) is 12.4. The zero-order valence-corrected chi connectivity index (χ0v) is 19.7. The number of pyridine rings is 2. The minimum atomic E-state index is 0.560. The molecule has 0 unspecified atom stereocenters. The molecule has 180 valence electrons. The van der Waals surface area contributed by atoms with Gasteiger partial charge in [0, 0.05) is 30.8 Å². The first-order valence-corrected chi connectivity index (χ1v) is 12.4. The van der Waals surface area contributed by atoms with Gasteiger partial charge in [-0.1, -0.05) is 12.5 Å². The monoisotopic (exact) mass is 471 g/mol. The molecule has 35 heavy (non-hydrogen) atoms. The van der Waals surface area contributed by atoms with E-state index in [4.69, 9.17) is 24.3 Å². The average Bonchev–Trinajstić information content (AvgIpc) is 3.32. The molecule has 0 spiro atoms. The Hall–Kier alpha value is -3.65. The SMILES string of the molecule is c1cc(-c2ccc3c(c2)OCCO3)n2nc(Cc3ccnc(OCCN4CCCCC4)c3)nc2c1. The quantitative estimate of drug-likeness (QED) is 0.403. The Morgan fingerprint density at radius 1 is 0.914 bits per heavy atom. The first kappa shape index (κ1) is 21.9. The number of aromatic nitrogens is 4. The van der Waals surface area contributed by atoms with Crippen LogP contribution >= 0.6 is 0 Å². The van der Waals surface area contributed by atoms with E-state index in [-0.39, 0.29) is 0 Å². The second kappa shape index (κ2) is 9.92. The van der Waals surface area contributed by atoms with Gasteiger partial charge in [-0.15, -0.1) is 0 Å². The van der Waals surface area contributed by atoms with Crippen LogP contribution in [0.1, 0.15) is 30.7 Å². The third-order valence-corrected chi connectivity index (χ3v) is 6.51. The number of hydrogen-bond acceptors (Lipinski definition) is 7. The molecule has 0 N–H and O–H groups in total. The standard InChI is InChI=1S/C27H29N5O3/c1-2-11-31(12-3-1)13-14-35-27-18-20(9-10-28-27)17-25-29-26-6-4-5-22(32(26)30-25)21-7-8-23-24(19-21)34-16-15-33-23/h4-10,18-19H,1-3,11-17H2. The number of likely N-dealkylation sites (tertiary alicyclic amines) is 1. The van der Waals surface area contributed by atoms with Crippen molar-refractivity contribution in [3.05, 3.63) is 66.1 Å². The second-order valence-corrected chi connectivity index (χ2v) is 9.00. The lowest BCUT2D eigenvalue weighted by Gasteiger charge is -2.26. The van der Waals surface area contributed by atoms with E-state index < -0.39 is 0 Å². The first-order chi connectivity index (χ1) is 17.3. The number of piperidine rings is 1. The van der Waals surface area contributed by atoms with Crippen molar-refractivity contribution in [2.45, 2.75) is 25.7 Å². The highest BCUT2D eigenvalue weighted by Crippen LogP contribution is 2.34. The Labute approximate surface area is 204 Å². The van der Waals surface area contributed by atoms with E-state index in [2.05, 4.69) is 9.88 Å². The van der Waals surface area contributed by atoms with Crippen molar-refractivity contribution in [2.24, 2.45) is 0 Å². The molecule has 1 saturated heterocycles. The van der Waals surface area contributed by atoms with Crippen LogP contribution in [0, 0.1) is 0 Å². The minimum Gasteiger partial charge on any atom is -0.486 e. The highest BCUT2D eigenvalue weighted by atomic mass is 16.6. The van der Waals surface area contributed by atoms with Gasteiger partial charge in [-0.3, -0.25) is 4.90 Å². The zero-order valence-electron chi connectivity index (χ0n) is 19.7. The van der Waals surface area contributed by atoms with Gasteiger partial charge in [0.1, 0.15) is 19.8 Å². The molecule has 2 aliphatic heterocycles.